The lowest BCUT2D eigenvalue weighted by Gasteiger charge is -2.08. The van der Waals surface area contributed by atoms with Crippen LogP contribution in [0.5, 0.6) is 0 Å². The van der Waals surface area contributed by atoms with Gasteiger partial charge in [0.1, 0.15) is 0 Å². The van der Waals surface area contributed by atoms with Gasteiger partial charge in [0.05, 0.1) is 34.9 Å². The van der Waals surface area contributed by atoms with Crippen LogP contribution in [0.2, 0.25) is 5.02 Å². The van der Waals surface area contributed by atoms with E-state index in [4.69, 9.17) is 11.6 Å². The first-order chi connectivity index (χ1) is 7.59. The number of benzene rings is 1. The fourth-order valence-electron chi connectivity index (χ4n) is 1.57. The summed E-state index contributed by atoms with van der Waals surface area (Å²) in [7, 11) is 0. The van der Waals surface area contributed by atoms with Gasteiger partial charge in [0.2, 0.25) is 0 Å². The average molecular weight is 239 g/mol. The second-order valence-corrected chi connectivity index (χ2v) is 4.09. The van der Waals surface area contributed by atoms with Crippen molar-refractivity contribution in [3.05, 3.63) is 39.9 Å². The Hall–Kier alpha value is -1.39. The van der Waals surface area contributed by atoms with E-state index < -0.39 is 6.10 Å². The lowest BCUT2D eigenvalue weighted by Crippen LogP contribution is -2.25. The van der Waals surface area contributed by atoms with Crippen LogP contribution in [0.25, 0.3) is 10.9 Å². The fraction of sp³-hybridized carbons (Fsp3) is 0.273. The minimum atomic E-state index is -0.598. The maximum atomic E-state index is 12.0. The molecule has 0 radical (unpaired) electrons. The third kappa shape index (κ3) is 1.94. The van der Waals surface area contributed by atoms with Crippen molar-refractivity contribution in [3.63, 3.8) is 0 Å². The van der Waals surface area contributed by atoms with Gasteiger partial charge in [-0.05, 0) is 19.1 Å². The number of fused-ring (bicyclic) bond motifs is 1. The highest BCUT2D eigenvalue weighted by Crippen LogP contribution is 2.17. The third-order valence-electron chi connectivity index (χ3n) is 2.26. The predicted molar refractivity (Wildman–Crippen MR) is 62.7 cm³/mol. The monoisotopic (exact) mass is 238 g/mol. The summed E-state index contributed by atoms with van der Waals surface area (Å²) in [5.74, 6) is 0. The Bertz CT molecular complexity index is 578. The molecule has 1 aromatic heterocycles. The highest BCUT2D eigenvalue weighted by Gasteiger charge is 2.08. The number of aromatic nitrogens is 2. The van der Waals surface area contributed by atoms with Crippen LogP contribution in [-0.2, 0) is 6.54 Å². The Morgan fingerprint density at radius 3 is 3.00 bits per heavy atom. The summed E-state index contributed by atoms with van der Waals surface area (Å²) in [6, 6.07) is 5.13. The van der Waals surface area contributed by atoms with Crippen LogP contribution in [0.4, 0.5) is 0 Å². The van der Waals surface area contributed by atoms with Gasteiger partial charge in [-0.15, -0.1) is 0 Å². The smallest absolute Gasteiger partial charge is 0.262 e. The number of aliphatic hydroxyl groups is 1. The van der Waals surface area contributed by atoms with Crippen LogP contribution in [-0.4, -0.2) is 20.8 Å². The lowest BCUT2D eigenvalue weighted by molar-refractivity contribution is 0.172. The first-order valence-electron chi connectivity index (χ1n) is 4.91. The van der Waals surface area contributed by atoms with Crippen molar-refractivity contribution in [2.24, 2.45) is 0 Å². The number of aliphatic hydroxyl groups excluding tert-OH is 1. The molecule has 0 amide bonds. The zero-order valence-electron chi connectivity index (χ0n) is 8.72. The summed E-state index contributed by atoms with van der Waals surface area (Å²) in [5.41, 5.74) is 0.343. The van der Waals surface area contributed by atoms with Gasteiger partial charge in [-0.25, -0.2) is 4.98 Å². The molecule has 0 saturated carbocycles. The van der Waals surface area contributed by atoms with Crippen molar-refractivity contribution >= 4 is 22.5 Å². The van der Waals surface area contributed by atoms with E-state index in [1.165, 1.54) is 10.9 Å². The van der Waals surface area contributed by atoms with Gasteiger partial charge in [-0.3, -0.25) is 9.36 Å². The Labute approximate surface area is 97.1 Å². The second-order valence-electron chi connectivity index (χ2n) is 3.69. The largest absolute Gasteiger partial charge is 0.392 e. The SMILES string of the molecule is CC(O)Cn1cnc2cccc(Cl)c2c1=O. The highest BCUT2D eigenvalue weighted by molar-refractivity contribution is 6.35. The molecule has 0 fully saturated rings. The first kappa shape index (κ1) is 11.1. The molecule has 84 valence electrons. The summed E-state index contributed by atoms with van der Waals surface area (Å²) >= 11 is 5.96. The molecule has 1 N–H and O–H groups in total. The average Bonchev–Trinajstić information content (AvgIpc) is 2.22. The van der Waals surface area contributed by atoms with Gasteiger partial charge in [-0.1, -0.05) is 17.7 Å². The molecule has 0 aliphatic carbocycles. The van der Waals surface area contributed by atoms with Crippen molar-refractivity contribution < 1.29 is 5.11 Å². The minimum absolute atomic E-state index is 0.215. The van der Waals surface area contributed by atoms with Crippen LogP contribution in [0, 0.1) is 0 Å². The van der Waals surface area contributed by atoms with E-state index in [1.54, 1.807) is 25.1 Å². The minimum Gasteiger partial charge on any atom is -0.392 e. The molecule has 0 aliphatic heterocycles. The van der Waals surface area contributed by atoms with Crippen molar-refractivity contribution in [1.82, 2.24) is 9.55 Å². The van der Waals surface area contributed by atoms with E-state index in [1.807, 2.05) is 0 Å². The van der Waals surface area contributed by atoms with Gasteiger partial charge in [0.15, 0.2) is 0 Å². The summed E-state index contributed by atoms with van der Waals surface area (Å²) < 4.78 is 1.36. The van der Waals surface area contributed by atoms with E-state index in [0.717, 1.165) is 0 Å². The maximum absolute atomic E-state index is 12.0. The fourth-order valence-corrected chi connectivity index (χ4v) is 1.83. The van der Waals surface area contributed by atoms with Gasteiger partial charge >= 0.3 is 0 Å². The third-order valence-corrected chi connectivity index (χ3v) is 2.58. The molecule has 1 aromatic carbocycles. The van der Waals surface area contributed by atoms with E-state index in [2.05, 4.69) is 4.98 Å². The van der Waals surface area contributed by atoms with Crippen LogP contribution in [0.15, 0.2) is 29.3 Å². The maximum Gasteiger partial charge on any atom is 0.262 e. The first-order valence-corrected chi connectivity index (χ1v) is 5.29. The zero-order chi connectivity index (χ0) is 11.7. The number of rotatable bonds is 2. The number of hydrogen-bond donors (Lipinski definition) is 1. The predicted octanol–water partition coefficient (Wildman–Crippen LogP) is 1.43. The van der Waals surface area contributed by atoms with Gasteiger partial charge < -0.3 is 5.11 Å². The van der Waals surface area contributed by atoms with E-state index in [9.17, 15) is 9.90 Å². The van der Waals surface area contributed by atoms with Crippen LogP contribution >= 0.6 is 11.6 Å². The van der Waals surface area contributed by atoms with Crippen molar-refractivity contribution in [3.8, 4) is 0 Å². The molecule has 4 nitrogen and oxygen atoms in total. The molecule has 5 heteroatoms. The number of hydrogen-bond acceptors (Lipinski definition) is 3. The molecule has 0 bridgehead atoms. The van der Waals surface area contributed by atoms with Gasteiger partial charge in [0.25, 0.3) is 5.56 Å². The highest BCUT2D eigenvalue weighted by atomic mass is 35.5. The molecule has 0 saturated heterocycles. The van der Waals surface area contributed by atoms with Gasteiger partial charge in [0, 0.05) is 0 Å². The topological polar surface area (TPSA) is 55.1 Å². The Kier molecular flexibility index (Phi) is 2.94. The molecule has 2 aromatic rings. The normalized spacial score (nSPS) is 12.9. The van der Waals surface area contributed by atoms with E-state index in [0.29, 0.717) is 15.9 Å². The van der Waals surface area contributed by atoms with Crippen LogP contribution in [0.1, 0.15) is 6.92 Å². The van der Waals surface area contributed by atoms with Crippen molar-refractivity contribution in [2.75, 3.05) is 0 Å². The second kappa shape index (κ2) is 4.23. The molecule has 1 atom stereocenters. The molecule has 0 aliphatic rings. The molecule has 1 heterocycles. The molecular weight excluding hydrogens is 228 g/mol. The summed E-state index contributed by atoms with van der Waals surface area (Å²) in [5, 5.41) is 10.0. The van der Waals surface area contributed by atoms with Gasteiger partial charge in [-0.2, -0.15) is 0 Å². The Balaban J connectivity index is 2.69. The molecular formula is C11H11ClN2O2. The van der Waals surface area contributed by atoms with Crippen LogP contribution in [0.3, 0.4) is 0 Å². The number of halogens is 1. The zero-order valence-corrected chi connectivity index (χ0v) is 9.48. The van der Waals surface area contributed by atoms with Crippen molar-refractivity contribution in [1.29, 1.82) is 0 Å². The standard InChI is InChI=1S/C11H11ClN2O2/c1-7(15)5-14-6-13-9-4-2-3-8(12)10(9)11(14)16/h2-4,6-7,15H,5H2,1H3. The van der Waals surface area contributed by atoms with Crippen LogP contribution < -0.4 is 5.56 Å². The van der Waals surface area contributed by atoms with E-state index >= 15 is 0 Å². The lowest BCUT2D eigenvalue weighted by atomic mass is 10.2. The Morgan fingerprint density at radius 1 is 1.56 bits per heavy atom. The Morgan fingerprint density at radius 2 is 2.31 bits per heavy atom. The van der Waals surface area contributed by atoms with Crippen molar-refractivity contribution in [2.45, 2.75) is 19.6 Å². The molecule has 1 unspecified atom stereocenters. The number of nitrogens with zero attached hydrogens (tertiary/aromatic N) is 2. The summed E-state index contributed by atoms with van der Waals surface area (Å²) in [4.78, 5) is 16.1. The molecule has 0 spiro atoms. The van der Waals surface area contributed by atoms with E-state index in [-0.39, 0.29) is 12.1 Å². The quantitative estimate of drug-likeness (QED) is 0.861. The summed E-state index contributed by atoms with van der Waals surface area (Å²) in [6.45, 7) is 1.83. The molecule has 16 heavy (non-hydrogen) atoms. The summed E-state index contributed by atoms with van der Waals surface area (Å²) in [6.07, 6.45) is 0.827. The molecule has 2 rings (SSSR count).